The standard InChI is InChI=1S/C18H23F3N2O4/c1-11(2)6-7-27-13-5-3-4-12(8-13)22-17(26)23-9-14(16(24)25)15(10-23)18(19,20)21/h3-5,8,11,14-15H,6-7,9-10H2,1-2H3,(H,22,26)(H,24,25)/t14-,15-/m1/s1. The number of amides is 2. The first-order valence-corrected chi connectivity index (χ1v) is 8.66. The van der Waals surface area contributed by atoms with Gasteiger partial charge in [-0.05, 0) is 24.5 Å². The van der Waals surface area contributed by atoms with Gasteiger partial charge in [-0.15, -0.1) is 0 Å². The first kappa shape index (κ1) is 20.9. The first-order valence-electron chi connectivity index (χ1n) is 8.66. The number of hydrogen-bond acceptors (Lipinski definition) is 3. The number of urea groups is 1. The number of carboxylic acid groups (broad SMARTS) is 1. The Balaban J connectivity index is 2.00. The number of likely N-dealkylation sites (tertiary alicyclic amines) is 1. The zero-order chi connectivity index (χ0) is 20.2. The molecule has 0 unspecified atom stereocenters. The summed E-state index contributed by atoms with van der Waals surface area (Å²) in [6, 6.07) is 5.76. The lowest BCUT2D eigenvalue weighted by atomic mass is 9.96. The van der Waals surface area contributed by atoms with E-state index in [1.54, 1.807) is 24.3 Å². The maximum absolute atomic E-state index is 13.0. The third-order valence-electron chi connectivity index (χ3n) is 4.39. The van der Waals surface area contributed by atoms with Crippen LogP contribution in [0.2, 0.25) is 0 Å². The third-order valence-corrected chi connectivity index (χ3v) is 4.39. The van der Waals surface area contributed by atoms with E-state index in [1.807, 2.05) is 0 Å². The Kier molecular flexibility index (Phi) is 6.56. The lowest BCUT2D eigenvalue weighted by Crippen LogP contribution is -2.35. The molecule has 2 N–H and O–H groups in total. The highest BCUT2D eigenvalue weighted by Gasteiger charge is 2.53. The predicted molar refractivity (Wildman–Crippen MR) is 92.7 cm³/mol. The van der Waals surface area contributed by atoms with Gasteiger partial charge in [-0.3, -0.25) is 4.79 Å². The molecule has 150 valence electrons. The number of carboxylic acids is 1. The molecular formula is C18H23F3N2O4. The van der Waals surface area contributed by atoms with Crippen molar-refractivity contribution in [3.63, 3.8) is 0 Å². The zero-order valence-electron chi connectivity index (χ0n) is 15.1. The van der Waals surface area contributed by atoms with E-state index in [0.717, 1.165) is 11.3 Å². The smallest absolute Gasteiger partial charge is 0.394 e. The second-order valence-corrected chi connectivity index (χ2v) is 6.99. The SMILES string of the molecule is CC(C)CCOc1cccc(NC(=O)N2C[C@@H](C(F)(F)F)[C@H](C(=O)O)C2)c1. The van der Waals surface area contributed by atoms with Gasteiger partial charge in [-0.2, -0.15) is 13.2 Å². The van der Waals surface area contributed by atoms with Gasteiger partial charge >= 0.3 is 18.2 Å². The highest BCUT2D eigenvalue weighted by atomic mass is 19.4. The van der Waals surface area contributed by atoms with E-state index in [0.29, 0.717) is 24.0 Å². The summed E-state index contributed by atoms with van der Waals surface area (Å²) in [7, 11) is 0. The first-order chi connectivity index (χ1) is 12.6. The van der Waals surface area contributed by atoms with Crippen LogP contribution in [0.1, 0.15) is 20.3 Å². The molecule has 27 heavy (non-hydrogen) atoms. The van der Waals surface area contributed by atoms with Crippen LogP contribution in [0.25, 0.3) is 0 Å². The molecule has 0 spiro atoms. The van der Waals surface area contributed by atoms with Crippen molar-refractivity contribution in [2.24, 2.45) is 17.8 Å². The van der Waals surface area contributed by atoms with Crippen LogP contribution in [-0.2, 0) is 4.79 Å². The van der Waals surface area contributed by atoms with Crippen LogP contribution in [0.4, 0.5) is 23.7 Å². The van der Waals surface area contributed by atoms with Gasteiger partial charge < -0.3 is 20.1 Å². The average molecular weight is 388 g/mol. The van der Waals surface area contributed by atoms with Gasteiger partial charge in [0.05, 0.1) is 18.4 Å². The normalized spacial score (nSPS) is 20.0. The van der Waals surface area contributed by atoms with E-state index in [4.69, 9.17) is 9.84 Å². The lowest BCUT2D eigenvalue weighted by Gasteiger charge is -2.19. The highest BCUT2D eigenvalue weighted by Crippen LogP contribution is 2.38. The number of carbonyl (C=O) groups is 2. The van der Waals surface area contributed by atoms with Crippen LogP contribution >= 0.6 is 0 Å². The molecule has 1 heterocycles. The summed E-state index contributed by atoms with van der Waals surface area (Å²) in [4.78, 5) is 24.3. The maximum atomic E-state index is 13.0. The summed E-state index contributed by atoms with van der Waals surface area (Å²) in [5, 5.41) is 11.5. The summed E-state index contributed by atoms with van der Waals surface area (Å²) in [5.74, 6) is -4.29. The van der Waals surface area contributed by atoms with Crippen molar-refractivity contribution in [3.8, 4) is 5.75 Å². The van der Waals surface area contributed by atoms with Gasteiger partial charge in [-0.1, -0.05) is 19.9 Å². The molecule has 0 radical (unpaired) electrons. The van der Waals surface area contributed by atoms with Crippen LogP contribution in [0.15, 0.2) is 24.3 Å². The molecule has 6 nitrogen and oxygen atoms in total. The molecule has 0 aromatic heterocycles. The summed E-state index contributed by atoms with van der Waals surface area (Å²) in [5.41, 5.74) is 0.365. The molecule has 1 aliphatic heterocycles. The second kappa shape index (κ2) is 8.49. The van der Waals surface area contributed by atoms with Gasteiger partial charge in [0.15, 0.2) is 0 Å². The Morgan fingerprint density at radius 3 is 2.59 bits per heavy atom. The Hall–Kier alpha value is -2.45. The number of anilines is 1. The molecule has 0 aliphatic carbocycles. The number of ether oxygens (including phenoxy) is 1. The highest BCUT2D eigenvalue weighted by molar-refractivity contribution is 5.90. The minimum atomic E-state index is -4.68. The molecule has 2 rings (SSSR count). The molecule has 1 aromatic rings. The summed E-state index contributed by atoms with van der Waals surface area (Å²) < 4.78 is 44.7. The Labute approximate surface area is 155 Å². The topological polar surface area (TPSA) is 78.9 Å². The van der Waals surface area contributed by atoms with Crippen molar-refractivity contribution in [2.75, 3.05) is 25.0 Å². The van der Waals surface area contributed by atoms with Crippen molar-refractivity contribution in [1.82, 2.24) is 4.90 Å². The van der Waals surface area contributed by atoms with Crippen molar-refractivity contribution < 1.29 is 32.6 Å². The van der Waals surface area contributed by atoms with E-state index < -0.39 is 43.1 Å². The molecule has 1 aliphatic rings. The third kappa shape index (κ3) is 5.77. The van der Waals surface area contributed by atoms with E-state index in [9.17, 15) is 22.8 Å². The number of nitrogens with one attached hydrogen (secondary N) is 1. The number of benzene rings is 1. The minimum absolute atomic E-state index is 0.365. The number of rotatable bonds is 6. The van der Waals surface area contributed by atoms with Gasteiger partial charge in [0.25, 0.3) is 0 Å². The van der Waals surface area contributed by atoms with Crippen LogP contribution in [0, 0.1) is 17.8 Å². The molecule has 9 heteroatoms. The largest absolute Gasteiger partial charge is 0.494 e. The van der Waals surface area contributed by atoms with Crippen molar-refractivity contribution in [1.29, 1.82) is 0 Å². The van der Waals surface area contributed by atoms with E-state index in [-0.39, 0.29) is 0 Å². The molecule has 0 bridgehead atoms. The second-order valence-electron chi connectivity index (χ2n) is 6.99. The fourth-order valence-electron chi connectivity index (χ4n) is 2.83. The van der Waals surface area contributed by atoms with Gasteiger partial charge in [0.2, 0.25) is 0 Å². The van der Waals surface area contributed by atoms with Crippen molar-refractivity contribution >= 4 is 17.7 Å². The monoisotopic (exact) mass is 388 g/mol. The average Bonchev–Trinajstić information content (AvgIpc) is 3.01. The maximum Gasteiger partial charge on any atom is 0.394 e. The fourth-order valence-corrected chi connectivity index (χ4v) is 2.83. The van der Waals surface area contributed by atoms with Crippen molar-refractivity contribution in [3.05, 3.63) is 24.3 Å². The van der Waals surface area contributed by atoms with E-state index in [2.05, 4.69) is 19.2 Å². The Morgan fingerprint density at radius 1 is 1.33 bits per heavy atom. The summed E-state index contributed by atoms with van der Waals surface area (Å²) in [6.07, 6.45) is -3.82. The molecular weight excluding hydrogens is 365 g/mol. The summed E-state index contributed by atoms with van der Waals surface area (Å²) in [6.45, 7) is 3.46. The molecule has 1 fully saturated rings. The molecule has 1 aromatic carbocycles. The summed E-state index contributed by atoms with van der Waals surface area (Å²) >= 11 is 0. The molecule has 2 atom stereocenters. The number of halogens is 3. The number of carbonyl (C=O) groups excluding carboxylic acids is 1. The Morgan fingerprint density at radius 2 is 2.04 bits per heavy atom. The number of hydrogen-bond donors (Lipinski definition) is 2. The van der Waals surface area contributed by atoms with Gasteiger partial charge in [-0.25, -0.2) is 4.79 Å². The zero-order valence-corrected chi connectivity index (χ0v) is 15.1. The van der Waals surface area contributed by atoms with Crippen LogP contribution < -0.4 is 10.1 Å². The molecule has 1 saturated heterocycles. The van der Waals surface area contributed by atoms with Gasteiger partial charge in [0.1, 0.15) is 5.75 Å². The van der Waals surface area contributed by atoms with Crippen LogP contribution in [-0.4, -0.2) is 47.9 Å². The number of aliphatic carboxylic acids is 1. The number of alkyl halides is 3. The predicted octanol–water partition coefficient (Wildman–Crippen LogP) is 3.84. The minimum Gasteiger partial charge on any atom is -0.494 e. The molecule has 2 amide bonds. The molecule has 0 saturated carbocycles. The fraction of sp³-hybridized carbons (Fsp3) is 0.556. The van der Waals surface area contributed by atoms with Crippen LogP contribution in [0.5, 0.6) is 5.75 Å². The Bertz CT molecular complexity index is 679. The van der Waals surface area contributed by atoms with E-state index >= 15 is 0 Å². The van der Waals surface area contributed by atoms with Crippen LogP contribution in [0.3, 0.4) is 0 Å². The lowest BCUT2D eigenvalue weighted by molar-refractivity contribution is -0.187. The van der Waals surface area contributed by atoms with E-state index in [1.165, 1.54) is 0 Å². The number of nitrogens with zero attached hydrogens (tertiary/aromatic N) is 1. The quantitative estimate of drug-likeness (QED) is 0.776. The van der Waals surface area contributed by atoms with Crippen molar-refractivity contribution in [2.45, 2.75) is 26.4 Å². The van der Waals surface area contributed by atoms with Gasteiger partial charge in [0, 0.05) is 24.8 Å².